The third-order valence-corrected chi connectivity index (χ3v) is 2.08. The second kappa shape index (κ2) is 8.52. The van der Waals surface area contributed by atoms with Gasteiger partial charge in [-0.1, -0.05) is 13.2 Å². The highest BCUT2D eigenvalue weighted by molar-refractivity contribution is 5.87. The van der Waals surface area contributed by atoms with Crippen molar-refractivity contribution in [2.75, 3.05) is 13.2 Å². The van der Waals surface area contributed by atoms with Crippen molar-refractivity contribution in [2.45, 2.75) is 25.7 Å². The van der Waals surface area contributed by atoms with Gasteiger partial charge >= 0.3 is 11.9 Å². The Morgan fingerprint density at radius 1 is 1.06 bits per heavy atom. The molecular weight excluding hydrogens is 224 g/mol. The first-order chi connectivity index (χ1) is 7.99. The van der Waals surface area contributed by atoms with Crippen molar-refractivity contribution in [1.29, 1.82) is 0 Å². The molecule has 96 valence electrons. The molecule has 0 aromatic heterocycles. The summed E-state index contributed by atoms with van der Waals surface area (Å²) < 4.78 is 4.88. The van der Waals surface area contributed by atoms with E-state index < -0.39 is 11.9 Å². The third kappa shape index (κ3) is 7.30. The molecule has 0 bridgehead atoms. The third-order valence-electron chi connectivity index (χ3n) is 2.08. The van der Waals surface area contributed by atoms with Crippen LogP contribution in [0.1, 0.15) is 25.7 Å². The normalized spacial score (nSPS) is 9.71. The van der Waals surface area contributed by atoms with Crippen LogP contribution in [0, 0.1) is 0 Å². The van der Waals surface area contributed by atoms with Crippen LogP contribution in [0.2, 0.25) is 0 Å². The van der Waals surface area contributed by atoms with E-state index >= 15 is 0 Å². The molecule has 0 aliphatic heterocycles. The van der Waals surface area contributed by atoms with E-state index in [9.17, 15) is 9.59 Å². The Morgan fingerprint density at radius 2 is 1.65 bits per heavy atom. The molecule has 0 saturated heterocycles. The lowest BCUT2D eigenvalue weighted by Crippen LogP contribution is -2.09. The van der Waals surface area contributed by atoms with E-state index in [1.165, 1.54) is 0 Å². The second-order valence-corrected chi connectivity index (χ2v) is 3.58. The summed E-state index contributed by atoms with van der Waals surface area (Å²) in [5.41, 5.74) is 0.413. The standard InChI is InChI=1S/C12H18O5/c1-9(11(14)15)6-4-8-17-12(16)10(2)5-3-7-13/h13H,1-8H2,(H,14,15). The number of hydrogen-bond acceptors (Lipinski definition) is 4. The van der Waals surface area contributed by atoms with Gasteiger partial charge in [-0.05, 0) is 25.7 Å². The van der Waals surface area contributed by atoms with Crippen molar-refractivity contribution in [3.8, 4) is 0 Å². The van der Waals surface area contributed by atoms with Crippen molar-refractivity contribution in [3.05, 3.63) is 24.3 Å². The molecule has 0 radical (unpaired) electrons. The van der Waals surface area contributed by atoms with Crippen LogP contribution >= 0.6 is 0 Å². The maximum absolute atomic E-state index is 11.3. The number of ether oxygens (including phenoxy) is 1. The lowest BCUT2D eigenvalue weighted by atomic mass is 10.1. The van der Waals surface area contributed by atoms with Gasteiger partial charge in [0.05, 0.1) is 6.61 Å². The molecule has 0 amide bonds. The van der Waals surface area contributed by atoms with Gasteiger partial charge in [0.25, 0.3) is 0 Å². The fourth-order valence-corrected chi connectivity index (χ4v) is 1.05. The molecule has 0 rings (SSSR count). The van der Waals surface area contributed by atoms with Crippen LogP contribution < -0.4 is 0 Å². The number of aliphatic carboxylic acids is 1. The number of esters is 1. The molecular formula is C12H18O5. The summed E-state index contributed by atoms with van der Waals surface area (Å²) in [6.45, 7) is 7.04. The first kappa shape index (κ1) is 15.4. The van der Waals surface area contributed by atoms with Crippen molar-refractivity contribution in [1.82, 2.24) is 0 Å². The fraction of sp³-hybridized carbons (Fsp3) is 0.500. The highest BCUT2D eigenvalue weighted by atomic mass is 16.5. The minimum Gasteiger partial charge on any atom is -0.478 e. The Bertz CT molecular complexity index is 306. The molecule has 2 N–H and O–H groups in total. The largest absolute Gasteiger partial charge is 0.478 e. The lowest BCUT2D eigenvalue weighted by Gasteiger charge is -2.06. The van der Waals surface area contributed by atoms with Gasteiger partial charge in [-0.3, -0.25) is 0 Å². The number of carbonyl (C=O) groups is 2. The summed E-state index contributed by atoms with van der Waals surface area (Å²) in [7, 11) is 0. The summed E-state index contributed by atoms with van der Waals surface area (Å²) in [6.07, 6.45) is 1.58. The fourth-order valence-electron chi connectivity index (χ4n) is 1.05. The van der Waals surface area contributed by atoms with Gasteiger partial charge in [0, 0.05) is 17.8 Å². The van der Waals surface area contributed by atoms with Gasteiger partial charge in [0.2, 0.25) is 0 Å². The van der Waals surface area contributed by atoms with E-state index in [2.05, 4.69) is 13.2 Å². The maximum atomic E-state index is 11.3. The molecule has 0 fully saturated rings. The van der Waals surface area contributed by atoms with Crippen molar-refractivity contribution in [3.63, 3.8) is 0 Å². The number of carboxylic acid groups (broad SMARTS) is 1. The molecule has 5 heteroatoms. The topological polar surface area (TPSA) is 83.8 Å². The van der Waals surface area contributed by atoms with Crippen LogP contribution in [0.15, 0.2) is 24.3 Å². The van der Waals surface area contributed by atoms with Gasteiger partial charge < -0.3 is 14.9 Å². The quantitative estimate of drug-likeness (QED) is 0.361. The van der Waals surface area contributed by atoms with Gasteiger partial charge in [0.1, 0.15) is 0 Å². The SMILES string of the molecule is C=C(CCCOC(=O)C(=C)CCCO)C(=O)O. The molecule has 0 aliphatic rings. The van der Waals surface area contributed by atoms with Gasteiger partial charge in [0.15, 0.2) is 0 Å². The van der Waals surface area contributed by atoms with E-state index in [0.717, 1.165) is 0 Å². The molecule has 0 aromatic carbocycles. The van der Waals surface area contributed by atoms with Crippen molar-refractivity contribution >= 4 is 11.9 Å². The highest BCUT2D eigenvalue weighted by Crippen LogP contribution is 2.06. The van der Waals surface area contributed by atoms with E-state index in [0.29, 0.717) is 24.8 Å². The average Bonchev–Trinajstić information content (AvgIpc) is 2.30. The summed E-state index contributed by atoms with van der Waals surface area (Å²) in [5.74, 6) is -1.54. The smallest absolute Gasteiger partial charge is 0.333 e. The molecule has 0 aliphatic carbocycles. The molecule has 17 heavy (non-hydrogen) atoms. The Morgan fingerprint density at radius 3 is 2.18 bits per heavy atom. The predicted octanol–water partition coefficient (Wildman–Crippen LogP) is 1.28. The second-order valence-electron chi connectivity index (χ2n) is 3.58. The molecule has 0 aromatic rings. The number of hydrogen-bond donors (Lipinski definition) is 2. The van der Waals surface area contributed by atoms with E-state index in [-0.39, 0.29) is 25.2 Å². The van der Waals surface area contributed by atoms with E-state index in [4.69, 9.17) is 14.9 Å². The minimum atomic E-state index is -1.04. The number of carboxylic acids is 1. The first-order valence-corrected chi connectivity index (χ1v) is 5.36. The molecule has 0 heterocycles. The van der Waals surface area contributed by atoms with Gasteiger partial charge in [-0.15, -0.1) is 0 Å². The van der Waals surface area contributed by atoms with Crippen LogP contribution in [-0.4, -0.2) is 35.4 Å². The average molecular weight is 242 g/mol. The van der Waals surface area contributed by atoms with Gasteiger partial charge in [-0.2, -0.15) is 0 Å². The zero-order valence-electron chi connectivity index (χ0n) is 9.78. The molecule has 0 atom stereocenters. The Balaban J connectivity index is 3.68. The van der Waals surface area contributed by atoms with Crippen molar-refractivity contribution in [2.24, 2.45) is 0 Å². The Labute approximate surface area is 100 Å². The zero-order valence-corrected chi connectivity index (χ0v) is 9.78. The van der Waals surface area contributed by atoms with E-state index in [1.54, 1.807) is 0 Å². The highest BCUT2D eigenvalue weighted by Gasteiger charge is 2.08. The summed E-state index contributed by atoms with van der Waals surface area (Å²) in [4.78, 5) is 21.7. The van der Waals surface area contributed by atoms with Crippen LogP contribution in [-0.2, 0) is 14.3 Å². The monoisotopic (exact) mass is 242 g/mol. The van der Waals surface area contributed by atoms with Crippen LogP contribution in [0.5, 0.6) is 0 Å². The summed E-state index contributed by atoms with van der Waals surface area (Å²) in [5, 5.41) is 17.1. The molecule has 5 nitrogen and oxygen atoms in total. The summed E-state index contributed by atoms with van der Waals surface area (Å²) >= 11 is 0. The molecule has 0 unspecified atom stereocenters. The molecule has 0 spiro atoms. The Kier molecular flexibility index (Phi) is 7.71. The number of aliphatic hydroxyl groups excluding tert-OH is 1. The number of rotatable bonds is 9. The van der Waals surface area contributed by atoms with Crippen LogP contribution in [0.3, 0.4) is 0 Å². The lowest BCUT2D eigenvalue weighted by molar-refractivity contribution is -0.139. The Hall–Kier alpha value is -1.62. The van der Waals surface area contributed by atoms with Gasteiger partial charge in [-0.25, -0.2) is 9.59 Å². The minimum absolute atomic E-state index is 0.00470. The molecule has 0 saturated carbocycles. The van der Waals surface area contributed by atoms with Crippen molar-refractivity contribution < 1.29 is 24.5 Å². The number of aliphatic hydroxyl groups is 1. The van der Waals surface area contributed by atoms with E-state index in [1.807, 2.05) is 0 Å². The van der Waals surface area contributed by atoms with Crippen LogP contribution in [0.4, 0.5) is 0 Å². The van der Waals surface area contributed by atoms with Crippen LogP contribution in [0.25, 0.3) is 0 Å². The zero-order chi connectivity index (χ0) is 13.3. The first-order valence-electron chi connectivity index (χ1n) is 5.36. The summed E-state index contributed by atoms with van der Waals surface area (Å²) in [6, 6.07) is 0. The maximum Gasteiger partial charge on any atom is 0.333 e. The number of carbonyl (C=O) groups excluding carboxylic acids is 1. The predicted molar refractivity (Wildman–Crippen MR) is 62.4 cm³/mol.